The minimum Gasteiger partial charge on any atom is -0.506 e. The molecule has 1 N–H and O–H groups in total. The Bertz CT molecular complexity index is 397. The number of rotatable bonds is 3. The van der Waals surface area contributed by atoms with Crippen LogP contribution in [-0.4, -0.2) is 22.1 Å². The van der Waals surface area contributed by atoms with Crippen LogP contribution in [-0.2, 0) is 0 Å². The van der Waals surface area contributed by atoms with E-state index in [4.69, 9.17) is 5.11 Å². The number of nitro groups is 1. The Kier molecular flexibility index (Phi) is 2.98. The van der Waals surface area contributed by atoms with E-state index in [-0.39, 0.29) is 0 Å². The standard InChI is InChI=1S/C7H6F2N2O4/c1-15-7-5(11(13)14)4(6(8)9)3(12)2-10-7/h2,6,12H,1H3. The fourth-order valence-electron chi connectivity index (χ4n) is 1.03. The van der Waals surface area contributed by atoms with E-state index in [0.717, 1.165) is 7.11 Å². The second kappa shape index (κ2) is 4.03. The number of hydrogen-bond donors (Lipinski definition) is 1. The third kappa shape index (κ3) is 1.92. The summed E-state index contributed by atoms with van der Waals surface area (Å²) in [5.74, 6) is -1.49. The lowest BCUT2D eigenvalue weighted by molar-refractivity contribution is -0.387. The van der Waals surface area contributed by atoms with Crippen LogP contribution in [0.5, 0.6) is 11.6 Å². The first-order valence-corrected chi connectivity index (χ1v) is 3.67. The molecule has 6 nitrogen and oxygen atoms in total. The Morgan fingerprint density at radius 3 is 2.67 bits per heavy atom. The number of aromatic nitrogens is 1. The van der Waals surface area contributed by atoms with Crippen LogP contribution in [0.3, 0.4) is 0 Å². The molecule has 0 spiro atoms. The molecule has 8 heteroatoms. The first-order valence-electron chi connectivity index (χ1n) is 3.67. The first-order chi connectivity index (χ1) is 6.99. The van der Waals surface area contributed by atoms with Gasteiger partial charge in [0.25, 0.3) is 12.3 Å². The summed E-state index contributed by atoms with van der Waals surface area (Å²) in [5.41, 5.74) is -2.11. The molecule has 0 atom stereocenters. The number of ether oxygens (including phenoxy) is 1. The van der Waals surface area contributed by atoms with Gasteiger partial charge in [0.2, 0.25) is 0 Å². The van der Waals surface area contributed by atoms with Gasteiger partial charge in [-0.05, 0) is 0 Å². The van der Waals surface area contributed by atoms with Gasteiger partial charge in [0.15, 0.2) is 0 Å². The third-order valence-electron chi connectivity index (χ3n) is 1.63. The summed E-state index contributed by atoms with van der Waals surface area (Å²) in [5, 5.41) is 19.5. The van der Waals surface area contributed by atoms with Gasteiger partial charge in [0.1, 0.15) is 11.3 Å². The summed E-state index contributed by atoms with van der Waals surface area (Å²) in [7, 11) is 1.06. The average Bonchev–Trinajstić information content (AvgIpc) is 2.16. The molecule has 0 radical (unpaired) electrons. The van der Waals surface area contributed by atoms with Crippen LogP contribution in [0.4, 0.5) is 14.5 Å². The first kappa shape index (κ1) is 11.1. The Morgan fingerprint density at radius 2 is 2.27 bits per heavy atom. The van der Waals surface area contributed by atoms with E-state index in [1.54, 1.807) is 0 Å². The summed E-state index contributed by atoms with van der Waals surface area (Å²) in [6.07, 6.45) is -2.50. The molecule has 0 fully saturated rings. The predicted molar refractivity (Wildman–Crippen MR) is 44.1 cm³/mol. The van der Waals surface area contributed by atoms with E-state index in [2.05, 4.69) is 9.72 Å². The molecule has 0 aromatic carbocycles. The van der Waals surface area contributed by atoms with Crippen molar-refractivity contribution in [1.82, 2.24) is 4.98 Å². The molecule has 0 aliphatic rings. The molecule has 1 aromatic rings. The number of nitrogens with zero attached hydrogens (tertiary/aromatic N) is 2. The predicted octanol–water partition coefficient (Wildman–Crippen LogP) is 1.64. The summed E-state index contributed by atoms with van der Waals surface area (Å²) < 4.78 is 29.3. The van der Waals surface area contributed by atoms with Crippen molar-refractivity contribution in [1.29, 1.82) is 0 Å². The van der Waals surface area contributed by atoms with Gasteiger partial charge in [-0.15, -0.1) is 0 Å². The maximum Gasteiger partial charge on any atom is 0.343 e. The monoisotopic (exact) mass is 220 g/mol. The Hall–Kier alpha value is -1.99. The number of aromatic hydroxyl groups is 1. The summed E-state index contributed by atoms with van der Waals surface area (Å²) in [4.78, 5) is 12.7. The second-order valence-corrected chi connectivity index (χ2v) is 2.47. The van der Waals surface area contributed by atoms with E-state index in [0.29, 0.717) is 6.20 Å². The molecule has 0 saturated carbocycles. The highest BCUT2D eigenvalue weighted by Gasteiger charge is 2.31. The molecule has 15 heavy (non-hydrogen) atoms. The normalized spacial score (nSPS) is 10.4. The summed E-state index contributed by atoms with van der Waals surface area (Å²) in [6.45, 7) is 0. The van der Waals surface area contributed by atoms with Gasteiger partial charge in [0.05, 0.1) is 18.2 Å². The molecule has 1 rings (SSSR count). The average molecular weight is 220 g/mol. The van der Waals surface area contributed by atoms with Gasteiger partial charge in [0, 0.05) is 0 Å². The maximum atomic E-state index is 12.4. The van der Waals surface area contributed by atoms with Crippen molar-refractivity contribution in [3.63, 3.8) is 0 Å². The van der Waals surface area contributed by atoms with Crippen LogP contribution in [0.25, 0.3) is 0 Å². The molecule has 0 amide bonds. The number of pyridine rings is 1. The zero-order valence-corrected chi connectivity index (χ0v) is 7.48. The van der Waals surface area contributed by atoms with Gasteiger partial charge in [-0.1, -0.05) is 0 Å². The van der Waals surface area contributed by atoms with Crippen LogP contribution in [0.1, 0.15) is 12.0 Å². The lowest BCUT2D eigenvalue weighted by atomic mass is 10.2. The number of methoxy groups -OCH3 is 1. The lowest BCUT2D eigenvalue weighted by Gasteiger charge is -2.06. The molecule has 1 heterocycles. The fraction of sp³-hybridized carbons (Fsp3) is 0.286. The van der Waals surface area contributed by atoms with Gasteiger partial charge in [-0.3, -0.25) is 10.1 Å². The van der Waals surface area contributed by atoms with Crippen molar-refractivity contribution in [3.05, 3.63) is 21.9 Å². The Morgan fingerprint density at radius 1 is 1.67 bits per heavy atom. The van der Waals surface area contributed by atoms with Crippen molar-refractivity contribution in [3.8, 4) is 11.6 Å². The minimum atomic E-state index is -3.18. The molecule has 0 aliphatic carbocycles. The number of hydrogen-bond acceptors (Lipinski definition) is 5. The van der Waals surface area contributed by atoms with Gasteiger partial charge in [-0.25, -0.2) is 13.8 Å². The third-order valence-corrected chi connectivity index (χ3v) is 1.63. The van der Waals surface area contributed by atoms with Crippen LogP contribution in [0.15, 0.2) is 6.20 Å². The summed E-state index contributed by atoms with van der Waals surface area (Å²) >= 11 is 0. The van der Waals surface area contributed by atoms with E-state index >= 15 is 0 Å². The molecule has 0 aliphatic heterocycles. The minimum absolute atomic E-state index is 0.562. The maximum absolute atomic E-state index is 12.4. The van der Waals surface area contributed by atoms with Crippen LogP contribution in [0.2, 0.25) is 0 Å². The van der Waals surface area contributed by atoms with Crippen molar-refractivity contribution in [2.45, 2.75) is 6.43 Å². The lowest BCUT2D eigenvalue weighted by Crippen LogP contribution is -2.01. The molecular weight excluding hydrogens is 214 g/mol. The van der Waals surface area contributed by atoms with Crippen molar-refractivity contribution < 1.29 is 23.5 Å². The van der Waals surface area contributed by atoms with E-state index in [1.165, 1.54) is 0 Å². The molecule has 0 unspecified atom stereocenters. The van der Waals surface area contributed by atoms with E-state index in [9.17, 15) is 18.9 Å². The van der Waals surface area contributed by atoms with Gasteiger partial charge in [-0.2, -0.15) is 0 Å². The molecule has 1 aromatic heterocycles. The van der Waals surface area contributed by atoms with E-state index < -0.39 is 34.2 Å². The van der Waals surface area contributed by atoms with Crippen molar-refractivity contribution in [2.75, 3.05) is 7.11 Å². The van der Waals surface area contributed by atoms with Crippen molar-refractivity contribution in [2.24, 2.45) is 0 Å². The second-order valence-electron chi connectivity index (χ2n) is 2.47. The topological polar surface area (TPSA) is 85.5 Å². The smallest absolute Gasteiger partial charge is 0.343 e. The molecule has 82 valence electrons. The highest BCUT2D eigenvalue weighted by molar-refractivity contribution is 5.54. The highest BCUT2D eigenvalue weighted by Crippen LogP contribution is 2.40. The van der Waals surface area contributed by atoms with Crippen LogP contribution < -0.4 is 4.74 Å². The van der Waals surface area contributed by atoms with Crippen LogP contribution >= 0.6 is 0 Å². The Labute approximate surface area is 82.3 Å². The van der Waals surface area contributed by atoms with Gasteiger partial charge < -0.3 is 9.84 Å². The highest BCUT2D eigenvalue weighted by atomic mass is 19.3. The quantitative estimate of drug-likeness (QED) is 0.618. The SMILES string of the molecule is COc1ncc(O)c(C(F)F)c1[N+](=O)[O-]. The molecule has 0 bridgehead atoms. The zero-order chi connectivity index (χ0) is 11.6. The van der Waals surface area contributed by atoms with E-state index in [1.807, 2.05) is 0 Å². The zero-order valence-electron chi connectivity index (χ0n) is 7.48. The molecular formula is C7H6F2N2O4. The van der Waals surface area contributed by atoms with Crippen LogP contribution in [0, 0.1) is 10.1 Å². The largest absolute Gasteiger partial charge is 0.506 e. The van der Waals surface area contributed by atoms with Gasteiger partial charge >= 0.3 is 5.69 Å². The van der Waals surface area contributed by atoms with Crippen molar-refractivity contribution >= 4 is 5.69 Å². The molecule has 0 saturated heterocycles. The number of alkyl halides is 2. The Balaban J connectivity index is 3.51. The number of halogens is 2. The summed E-state index contributed by atoms with van der Waals surface area (Å²) in [6, 6.07) is 0. The fourth-order valence-corrected chi connectivity index (χ4v) is 1.03.